The maximum Gasteiger partial charge on any atom is 0.262 e. The molecule has 2 aromatic carbocycles. The number of carbonyl (C=O) groups excluding carboxylic acids is 1. The third kappa shape index (κ3) is 3.77. The summed E-state index contributed by atoms with van der Waals surface area (Å²) in [4.78, 5) is 11.7. The Balaban J connectivity index is 1.98. The number of ether oxygens (including phenoxy) is 1. The van der Waals surface area contributed by atoms with Crippen LogP contribution in [0.25, 0.3) is 0 Å². The third-order valence-electron chi connectivity index (χ3n) is 2.38. The van der Waals surface area contributed by atoms with Gasteiger partial charge < -0.3 is 10.1 Å². The molecule has 0 fully saturated rings. The van der Waals surface area contributed by atoms with Gasteiger partial charge in [0.25, 0.3) is 5.91 Å². The van der Waals surface area contributed by atoms with Gasteiger partial charge in [0.1, 0.15) is 11.6 Å². The smallest absolute Gasteiger partial charge is 0.262 e. The molecule has 0 spiro atoms. The molecule has 0 saturated carbocycles. The van der Waals surface area contributed by atoms with Crippen LogP contribution in [0, 0.1) is 11.6 Å². The predicted molar refractivity (Wildman–Crippen MR) is 74.6 cm³/mol. The lowest BCUT2D eigenvalue weighted by molar-refractivity contribution is -0.118. The Bertz CT molecular complexity index is 597. The molecule has 1 amide bonds. The van der Waals surface area contributed by atoms with Crippen LogP contribution in [0.1, 0.15) is 0 Å². The fourth-order valence-electron chi connectivity index (χ4n) is 1.50. The van der Waals surface area contributed by atoms with Crippen LogP contribution in [0.4, 0.5) is 14.5 Å². The molecular formula is C14H10BrF2NO2. The van der Waals surface area contributed by atoms with Crippen molar-refractivity contribution in [2.45, 2.75) is 0 Å². The normalized spacial score (nSPS) is 10.2. The monoisotopic (exact) mass is 341 g/mol. The van der Waals surface area contributed by atoms with Gasteiger partial charge in [-0.2, -0.15) is 0 Å². The van der Waals surface area contributed by atoms with Gasteiger partial charge in [-0.25, -0.2) is 8.78 Å². The molecular weight excluding hydrogens is 332 g/mol. The summed E-state index contributed by atoms with van der Waals surface area (Å²) in [5.41, 5.74) is -0.118. The number of para-hydroxylation sites is 1. The Labute approximate surface area is 122 Å². The molecule has 1 N–H and O–H groups in total. The zero-order valence-electron chi connectivity index (χ0n) is 10.2. The van der Waals surface area contributed by atoms with Crippen molar-refractivity contribution in [3.63, 3.8) is 0 Å². The minimum Gasteiger partial charge on any atom is -0.484 e. The van der Waals surface area contributed by atoms with Gasteiger partial charge in [0.05, 0.1) is 5.69 Å². The van der Waals surface area contributed by atoms with Crippen molar-refractivity contribution in [1.82, 2.24) is 0 Å². The number of anilines is 1. The predicted octanol–water partition coefficient (Wildman–Crippen LogP) is 3.74. The first-order chi connectivity index (χ1) is 9.56. The molecule has 20 heavy (non-hydrogen) atoms. The molecule has 104 valence electrons. The highest BCUT2D eigenvalue weighted by atomic mass is 79.9. The lowest BCUT2D eigenvalue weighted by Crippen LogP contribution is -2.21. The summed E-state index contributed by atoms with van der Waals surface area (Å²) in [6.07, 6.45) is 0. The number of hydrogen-bond acceptors (Lipinski definition) is 2. The molecule has 2 rings (SSSR count). The molecule has 0 aliphatic heterocycles. The highest BCUT2D eigenvalue weighted by Gasteiger charge is 2.13. The van der Waals surface area contributed by atoms with Crippen molar-refractivity contribution in [3.05, 3.63) is 58.6 Å². The summed E-state index contributed by atoms with van der Waals surface area (Å²) < 4.78 is 31.8. The Morgan fingerprint density at radius 2 is 1.90 bits per heavy atom. The first kappa shape index (κ1) is 14.5. The minimum absolute atomic E-state index is 0.118. The van der Waals surface area contributed by atoms with E-state index >= 15 is 0 Å². The van der Waals surface area contributed by atoms with Crippen LogP contribution in [0.15, 0.2) is 46.9 Å². The summed E-state index contributed by atoms with van der Waals surface area (Å²) in [5, 5.41) is 2.32. The quantitative estimate of drug-likeness (QED) is 0.919. The van der Waals surface area contributed by atoms with Crippen molar-refractivity contribution in [2.24, 2.45) is 0 Å². The van der Waals surface area contributed by atoms with Crippen molar-refractivity contribution < 1.29 is 18.3 Å². The topological polar surface area (TPSA) is 38.3 Å². The number of amides is 1. The Morgan fingerprint density at radius 3 is 2.55 bits per heavy atom. The maximum absolute atomic E-state index is 13.5. The van der Waals surface area contributed by atoms with Gasteiger partial charge >= 0.3 is 0 Å². The van der Waals surface area contributed by atoms with E-state index < -0.39 is 17.5 Å². The molecule has 3 nitrogen and oxygen atoms in total. The molecule has 0 saturated heterocycles. The van der Waals surface area contributed by atoms with Gasteiger partial charge in [0.15, 0.2) is 12.4 Å². The fraction of sp³-hybridized carbons (Fsp3) is 0.0714. The third-order valence-corrected chi connectivity index (χ3v) is 3.01. The summed E-state index contributed by atoms with van der Waals surface area (Å²) in [6.45, 7) is -0.271. The van der Waals surface area contributed by atoms with Crippen molar-refractivity contribution >= 4 is 27.5 Å². The van der Waals surface area contributed by atoms with Gasteiger partial charge in [0.2, 0.25) is 0 Å². The van der Waals surface area contributed by atoms with Crippen LogP contribution in [-0.4, -0.2) is 12.5 Å². The van der Waals surface area contributed by atoms with Gasteiger partial charge in [-0.15, -0.1) is 0 Å². The van der Waals surface area contributed by atoms with E-state index in [-0.39, 0.29) is 16.8 Å². The molecule has 0 heterocycles. The molecule has 6 heteroatoms. The van der Waals surface area contributed by atoms with Crippen molar-refractivity contribution in [1.29, 1.82) is 0 Å². The van der Waals surface area contributed by atoms with Crippen LogP contribution >= 0.6 is 15.9 Å². The van der Waals surface area contributed by atoms with Crippen LogP contribution in [-0.2, 0) is 4.79 Å². The van der Waals surface area contributed by atoms with E-state index in [9.17, 15) is 13.6 Å². The zero-order valence-corrected chi connectivity index (χ0v) is 11.8. The Morgan fingerprint density at radius 1 is 1.20 bits per heavy atom. The van der Waals surface area contributed by atoms with Gasteiger partial charge in [-0.1, -0.05) is 18.2 Å². The molecule has 0 atom stereocenters. The van der Waals surface area contributed by atoms with Gasteiger partial charge in [-0.05, 0) is 34.1 Å². The number of carbonyl (C=O) groups is 1. The zero-order chi connectivity index (χ0) is 14.5. The van der Waals surface area contributed by atoms with E-state index in [1.54, 1.807) is 24.3 Å². The fourth-order valence-corrected chi connectivity index (χ4v) is 2.01. The molecule has 0 aromatic heterocycles. The van der Waals surface area contributed by atoms with Gasteiger partial charge in [0, 0.05) is 10.5 Å². The number of rotatable bonds is 4. The largest absolute Gasteiger partial charge is 0.484 e. The summed E-state index contributed by atoms with van der Waals surface area (Å²) >= 11 is 2.99. The maximum atomic E-state index is 13.5. The lowest BCUT2D eigenvalue weighted by atomic mass is 10.3. The lowest BCUT2D eigenvalue weighted by Gasteiger charge is -2.10. The SMILES string of the molecule is O=C(COc1ccccc1)Nc1c(F)cc(F)cc1Br. The van der Waals surface area contributed by atoms with E-state index in [0.29, 0.717) is 11.8 Å². The minimum atomic E-state index is -0.857. The molecule has 0 bridgehead atoms. The van der Waals surface area contributed by atoms with Crippen LogP contribution in [0.3, 0.4) is 0 Å². The Hall–Kier alpha value is -1.95. The summed E-state index contributed by atoms with van der Waals surface area (Å²) in [6, 6.07) is 10.5. The highest BCUT2D eigenvalue weighted by Crippen LogP contribution is 2.26. The second-order valence-corrected chi connectivity index (χ2v) is 4.75. The molecule has 0 unspecified atom stereocenters. The number of halogens is 3. The van der Waals surface area contributed by atoms with Gasteiger partial charge in [-0.3, -0.25) is 4.79 Å². The van der Waals surface area contributed by atoms with E-state index in [2.05, 4.69) is 21.2 Å². The standard InChI is InChI=1S/C14H10BrF2NO2/c15-11-6-9(16)7-12(17)14(11)18-13(19)8-20-10-4-2-1-3-5-10/h1-7H,8H2,(H,18,19). The molecule has 2 aromatic rings. The highest BCUT2D eigenvalue weighted by molar-refractivity contribution is 9.10. The van der Waals surface area contributed by atoms with Crippen LogP contribution < -0.4 is 10.1 Å². The van der Waals surface area contributed by atoms with Crippen molar-refractivity contribution in [2.75, 3.05) is 11.9 Å². The number of hydrogen-bond donors (Lipinski definition) is 1. The summed E-state index contributed by atoms with van der Waals surface area (Å²) in [7, 11) is 0. The second-order valence-electron chi connectivity index (χ2n) is 3.89. The van der Waals surface area contributed by atoms with E-state index in [1.807, 2.05) is 6.07 Å². The molecule has 0 aliphatic rings. The van der Waals surface area contributed by atoms with E-state index in [4.69, 9.17) is 4.74 Å². The summed E-state index contributed by atoms with van der Waals surface area (Å²) in [5.74, 6) is -1.60. The average molecular weight is 342 g/mol. The number of nitrogens with one attached hydrogen (secondary N) is 1. The van der Waals surface area contributed by atoms with E-state index in [1.165, 1.54) is 0 Å². The van der Waals surface area contributed by atoms with Crippen LogP contribution in [0.2, 0.25) is 0 Å². The Kier molecular flexibility index (Phi) is 4.68. The van der Waals surface area contributed by atoms with Crippen LogP contribution in [0.5, 0.6) is 5.75 Å². The molecule has 0 aliphatic carbocycles. The molecule has 0 radical (unpaired) electrons. The first-order valence-corrected chi connectivity index (χ1v) is 6.48. The first-order valence-electron chi connectivity index (χ1n) is 5.68. The van der Waals surface area contributed by atoms with E-state index in [0.717, 1.165) is 6.07 Å². The van der Waals surface area contributed by atoms with Crippen molar-refractivity contribution in [3.8, 4) is 5.75 Å². The second kappa shape index (κ2) is 6.47. The number of benzene rings is 2. The average Bonchev–Trinajstić information content (AvgIpc) is 2.42.